The van der Waals surface area contributed by atoms with Gasteiger partial charge in [-0.15, -0.1) is 0 Å². The average Bonchev–Trinajstić information content (AvgIpc) is 3.10. The van der Waals surface area contributed by atoms with Crippen molar-refractivity contribution in [2.75, 3.05) is 20.1 Å². The molecule has 1 saturated carbocycles. The molecule has 1 aromatic carbocycles. The zero-order chi connectivity index (χ0) is 14.0. The molecule has 2 atom stereocenters. The van der Waals surface area contributed by atoms with Crippen LogP contribution in [0.5, 0.6) is 0 Å². The molecule has 5 heteroatoms. The number of hydrogen-bond donors (Lipinski definition) is 1. The van der Waals surface area contributed by atoms with Gasteiger partial charge in [0.05, 0.1) is 5.92 Å². The molecule has 0 saturated heterocycles. The minimum Gasteiger partial charge on any atom is -0.481 e. The number of rotatable bonds is 6. The SMILES string of the molecule is CN(CCc1cc(Br)ccc1F)CC1CC1C(=O)O. The van der Waals surface area contributed by atoms with Gasteiger partial charge in [-0.3, -0.25) is 4.79 Å². The van der Waals surface area contributed by atoms with Crippen molar-refractivity contribution in [2.45, 2.75) is 12.8 Å². The van der Waals surface area contributed by atoms with E-state index in [0.29, 0.717) is 12.0 Å². The highest BCUT2D eigenvalue weighted by atomic mass is 79.9. The number of benzene rings is 1. The second-order valence-electron chi connectivity index (χ2n) is 5.19. The van der Waals surface area contributed by atoms with Gasteiger partial charge in [0, 0.05) is 17.6 Å². The highest BCUT2D eigenvalue weighted by Crippen LogP contribution is 2.38. The molecular formula is C14H17BrFNO2. The van der Waals surface area contributed by atoms with Crippen LogP contribution in [0, 0.1) is 17.7 Å². The van der Waals surface area contributed by atoms with Crippen LogP contribution in [0.4, 0.5) is 4.39 Å². The van der Waals surface area contributed by atoms with Crippen LogP contribution in [0.25, 0.3) is 0 Å². The first-order chi connectivity index (χ1) is 8.97. The lowest BCUT2D eigenvalue weighted by Crippen LogP contribution is -2.25. The lowest BCUT2D eigenvalue weighted by Gasteiger charge is -2.16. The number of hydrogen-bond acceptors (Lipinski definition) is 2. The zero-order valence-corrected chi connectivity index (χ0v) is 12.4. The van der Waals surface area contributed by atoms with Gasteiger partial charge < -0.3 is 10.0 Å². The Morgan fingerprint density at radius 1 is 1.58 bits per heavy atom. The Bertz CT molecular complexity index is 481. The van der Waals surface area contributed by atoms with E-state index in [-0.39, 0.29) is 17.7 Å². The van der Waals surface area contributed by atoms with Crippen LogP contribution in [0.3, 0.4) is 0 Å². The summed E-state index contributed by atoms with van der Waals surface area (Å²) in [5, 5.41) is 8.84. The van der Waals surface area contributed by atoms with E-state index in [2.05, 4.69) is 20.8 Å². The molecular weight excluding hydrogens is 313 g/mol. The summed E-state index contributed by atoms with van der Waals surface area (Å²) in [5.41, 5.74) is 0.687. The predicted octanol–water partition coefficient (Wildman–Crippen LogP) is 2.78. The molecule has 2 unspecified atom stereocenters. The molecule has 0 spiro atoms. The lowest BCUT2D eigenvalue weighted by molar-refractivity contribution is -0.138. The molecule has 0 heterocycles. The van der Waals surface area contributed by atoms with Crippen molar-refractivity contribution in [2.24, 2.45) is 11.8 Å². The van der Waals surface area contributed by atoms with Gasteiger partial charge in [0.1, 0.15) is 5.82 Å². The van der Waals surface area contributed by atoms with E-state index in [1.807, 2.05) is 7.05 Å². The second kappa shape index (κ2) is 6.01. The molecule has 19 heavy (non-hydrogen) atoms. The predicted molar refractivity (Wildman–Crippen MR) is 74.5 cm³/mol. The maximum absolute atomic E-state index is 13.5. The summed E-state index contributed by atoms with van der Waals surface area (Å²) >= 11 is 3.33. The van der Waals surface area contributed by atoms with Crippen molar-refractivity contribution >= 4 is 21.9 Å². The third kappa shape index (κ3) is 4.01. The molecule has 104 valence electrons. The number of aliphatic carboxylic acids is 1. The van der Waals surface area contributed by atoms with Gasteiger partial charge in [-0.1, -0.05) is 15.9 Å². The molecule has 2 rings (SSSR count). The van der Waals surface area contributed by atoms with Gasteiger partial charge in [-0.05, 0) is 49.6 Å². The van der Waals surface area contributed by atoms with Gasteiger partial charge in [0.15, 0.2) is 0 Å². The number of carbonyl (C=O) groups is 1. The second-order valence-corrected chi connectivity index (χ2v) is 6.10. The summed E-state index contributed by atoms with van der Waals surface area (Å²) in [6.07, 6.45) is 1.40. The van der Waals surface area contributed by atoms with Crippen LogP contribution in [-0.2, 0) is 11.2 Å². The minimum absolute atomic E-state index is 0.176. The standard InChI is InChI=1S/C14H17BrFNO2/c1-17(8-10-7-12(10)14(18)19)5-4-9-6-11(15)2-3-13(9)16/h2-3,6,10,12H,4-5,7-8H2,1H3,(H,18,19). The Hall–Kier alpha value is -0.940. The molecule has 0 radical (unpaired) electrons. The van der Waals surface area contributed by atoms with Crippen molar-refractivity contribution in [3.05, 3.63) is 34.1 Å². The maximum atomic E-state index is 13.5. The average molecular weight is 330 g/mol. The van der Waals surface area contributed by atoms with Crippen molar-refractivity contribution in [3.8, 4) is 0 Å². The summed E-state index contributed by atoms with van der Waals surface area (Å²) in [4.78, 5) is 12.8. The highest BCUT2D eigenvalue weighted by molar-refractivity contribution is 9.10. The van der Waals surface area contributed by atoms with E-state index in [1.165, 1.54) is 6.07 Å². The molecule has 3 nitrogen and oxygen atoms in total. The summed E-state index contributed by atoms with van der Waals surface area (Å²) < 4.78 is 14.4. The van der Waals surface area contributed by atoms with Crippen LogP contribution in [0.1, 0.15) is 12.0 Å². The third-order valence-corrected chi connectivity index (χ3v) is 4.05. The zero-order valence-electron chi connectivity index (χ0n) is 10.8. The summed E-state index contributed by atoms with van der Waals surface area (Å²) in [6.45, 7) is 1.50. The van der Waals surface area contributed by atoms with Crippen molar-refractivity contribution < 1.29 is 14.3 Å². The highest BCUT2D eigenvalue weighted by Gasteiger charge is 2.43. The Morgan fingerprint density at radius 3 is 2.95 bits per heavy atom. The Kier molecular flexibility index (Phi) is 4.58. The first-order valence-electron chi connectivity index (χ1n) is 6.32. The maximum Gasteiger partial charge on any atom is 0.306 e. The van der Waals surface area contributed by atoms with Crippen LogP contribution in [0.2, 0.25) is 0 Å². The van der Waals surface area contributed by atoms with Crippen molar-refractivity contribution in [1.29, 1.82) is 0 Å². The summed E-state index contributed by atoms with van der Waals surface area (Å²) in [5.74, 6) is -0.803. The fourth-order valence-corrected chi connectivity index (χ4v) is 2.70. The van der Waals surface area contributed by atoms with Gasteiger partial charge in [0.2, 0.25) is 0 Å². The third-order valence-electron chi connectivity index (χ3n) is 3.56. The number of carboxylic acid groups (broad SMARTS) is 1. The Labute approximate surface area is 120 Å². The fourth-order valence-electron chi connectivity index (χ4n) is 2.29. The smallest absolute Gasteiger partial charge is 0.306 e. The van der Waals surface area contributed by atoms with E-state index in [0.717, 1.165) is 24.0 Å². The summed E-state index contributed by atoms with van der Waals surface area (Å²) in [7, 11) is 1.95. The van der Waals surface area contributed by atoms with E-state index in [9.17, 15) is 9.18 Å². The number of carboxylic acids is 1. The number of halogens is 2. The molecule has 0 bridgehead atoms. The normalized spacial score (nSPS) is 21.7. The van der Waals surface area contributed by atoms with Crippen LogP contribution in [0.15, 0.2) is 22.7 Å². The molecule has 0 aromatic heterocycles. The molecule has 1 fully saturated rings. The van der Waals surface area contributed by atoms with Crippen molar-refractivity contribution in [1.82, 2.24) is 4.90 Å². The molecule has 1 N–H and O–H groups in total. The fraction of sp³-hybridized carbons (Fsp3) is 0.500. The lowest BCUT2D eigenvalue weighted by atomic mass is 10.1. The van der Waals surface area contributed by atoms with Crippen LogP contribution < -0.4 is 0 Å². The van der Waals surface area contributed by atoms with Gasteiger partial charge in [-0.25, -0.2) is 4.39 Å². The van der Waals surface area contributed by atoms with Gasteiger partial charge in [-0.2, -0.15) is 0 Å². The Balaban J connectivity index is 1.79. The first kappa shape index (κ1) is 14.5. The molecule has 1 aliphatic rings. The monoisotopic (exact) mass is 329 g/mol. The minimum atomic E-state index is -0.698. The number of nitrogens with zero attached hydrogens (tertiary/aromatic N) is 1. The summed E-state index contributed by atoms with van der Waals surface area (Å²) in [6, 6.07) is 4.94. The van der Waals surface area contributed by atoms with E-state index < -0.39 is 5.97 Å². The van der Waals surface area contributed by atoms with Gasteiger partial charge in [0.25, 0.3) is 0 Å². The Morgan fingerprint density at radius 2 is 2.32 bits per heavy atom. The van der Waals surface area contributed by atoms with Crippen LogP contribution in [-0.4, -0.2) is 36.1 Å². The quantitative estimate of drug-likeness (QED) is 0.872. The van der Waals surface area contributed by atoms with Crippen molar-refractivity contribution in [3.63, 3.8) is 0 Å². The first-order valence-corrected chi connectivity index (χ1v) is 7.12. The van der Waals surface area contributed by atoms with E-state index >= 15 is 0 Å². The van der Waals surface area contributed by atoms with Crippen LogP contribution >= 0.6 is 15.9 Å². The van der Waals surface area contributed by atoms with Gasteiger partial charge >= 0.3 is 5.97 Å². The molecule has 0 amide bonds. The van der Waals surface area contributed by atoms with E-state index in [4.69, 9.17) is 5.11 Å². The molecule has 1 aromatic rings. The molecule has 0 aliphatic heterocycles. The number of likely N-dealkylation sites (N-methyl/N-ethyl adjacent to an activating group) is 1. The molecule has 1 aliphatic carbocycles. The topological polar surface area (TPSA) is 40.5 Å². The van der Waals surface area contributed by atoms with E-state index in [1.54, 1.807) is 12.1 Å². The largest absolute Gasteiger partial charge is 0.481 e.